The largest absolute Gasteiger partial charge is 0.481 e. The Morgan fingerprint density at radius 1 is 0.878 bits per heavy atom. The Morgan fingerprint density at radius 3 is 2.27 bits per heavy atom. The minimum absolute atomic E-state index is 0.217. The van der Waals surface area contributed by atoms with Gasteiger partial charge < -0.3 is 10.4 Å². The van der Waals surface area contributed by atoms with Gasteiger partial charge in [0.2, 0.25) is 5.91 Å². The number of hydrogen-bond acceptors (Lipinski definition) is 6. The molecule has 2 aliphatic rings. The molecule has 0 atom stereocenters. The van der Waals surface area contributed by atoms with Crippen molar-refractivity contribution >= 4 is 80.5 Å². The van der Waals surface area contributed by atoms with Crippen molar-refractivity contribution in [2.75, 3.05) is 23.3 Å². The molecule has 2 heterocycles. The molecule has 4 rings (SSSR count). The zero-order chi connectivity index (χ0) is 29.4. The van der Waals surface area contributed by atoms with Crippen LogP contribution >= 0.6 is 35.6 Å². The molecule has 8 nitrogen and oxygen atoms in total. The molecule has 0 spiro atoms. The number of anilines is 2. The van der Waals surface area contributed by atoms with Crippen molar-refractivity contribution in [3.05, 3.63) is 64.0 Å². The average molecular weight is 614 g/mol. The molecule has 1 fully saturated rings. The predicted molar refractivity (Wildman–Crippen MR) is 167 cm³/mol. The molecule has 0 unspecified atom stereocenters. The Bertz CT molecular complexity index is 1380. The Labute approximate surface area is 254 Å². The number of carboxylic acid groups (broad SMARTS) is 1. The van der Waals surface area contributed by atoms with E-state index in [0.29, 0.717) is 37.7 Å². The lowest BCUT2D eigenvalue weighted by Gasteiger charge is -2.17. The van der Waals surface area contributed by atoms with Crippen LogP contribution in [0.4, 0.5) is 11.4 Å². The first kappa shape index (κ1) is 30.7. The fraction of sp³-hybridized carbons (Fsp3) is 0.367. The summed E-state index contributed by atoms with van der Waals surface area (Å²) in [5.74, 6) is -1.81. The van der Waals surface area contributed by atoms with Crippen LogP contribution in [0.25, 0.3) is 5.57 Å². The predicted octanol–water partition coefficient (Wildman–Crippen LogP) is 6.49. The van der Waals surface area contributed by atoms with E-state index in [1.165, 1.54) is 4.90 Å². The molecule has 2 aromatic rings. The standard InChI is InChI=1S/C30H32ClN3O5S2/c31-20-12-11-13-21(18-20)32-24(35)19-34-23-15-9-8-14-22(23)26(28(34)38)27-29(39)33(30(40)41-27)17-10-6-4-2-1-3-5-7-16-25(36)37/h8-9,11-15,18H,1-7,10,16-17,19H2,(H,32,35)(H,36,37). The summed E-state index contributed by atoms with van der Waals surface area (Å²) in [5, 5.41) is 11.9. The van der Waals surface area contributed by atoms with Gasteiger partial charge in [0.15, 0.2) is 0 Å². The minimum atomic E-state index is -0.743. The topological polar surface area (TPSA) is 107 Å². The van der Waals surface area contributed by atoms with Crippen LogP contribution in [0.15, 0.2) is 53.4 Å². The molecular formula is C30H32ClN3O5S2. The van der Waals surface area contributed by atoms with Gasteiger partial charge in [-0.3, -0.25) is 29.0 Å². The van der Waals surface area contributed by atoms with Crippen molar-refractivity contribution in [3.8, 4) is 0 Å². The van der Waals surface area contributed by atoms with Crippen molar-refractivity contribution in [1.29, 1.82) is 0 Å². The number of fused-ring (bicyclic) bond motifs is 1. The molecule has 3 amide bonds. The summed E-state index contributed by atoms with van der Waals surface area (Å²) < 4.78 is 0.429. The second-order valence-corrected chi connectivity index (χ2v) is 12.0. The van der Waals surface area contributed by atoms with Gasteiger partial charge in [0.1, 0.15) is 10.9 Å². The summed E-state index contributed by atoms with van der Waals surface area (Å²) in [6, 6.07) is 13.9. The number of thiocarbonyl (C=S) groups is 1. The van der Waals surface area contributed by atoms with Crippen LogP contribution < -0.4 is 10.2 Å². The fourth-order valence-corrected chi connectivity index (χ4v) is 6.49. The third-order valence-electron chi connectivity index (χ3n) is 6.93. The van der Waals surface area contributed by atoms with Gasteiger partial charge in [0.25, 0.3) is 11.8 Å². The van der Waals surface area contributed by atoms with Gasteiger partial charge in [-0.2, -0.15) is 0 Å². The van der Waals surface area contributed by atoms with E-state index < -0.39 is 11.9 Å². The molecule has 2 aliphatic heterocycles. The third kappa shape index (κ3) is 7.96. The zero-order valence-corrected chi connectivity index (χ0v) is 25.0. The van der Waals surface area contributed by atoms with Crippen molar-refractivity contribution in [1.82, 2.24) is 4.90 Å². The van der Waals surface area contributed by atoms with Crippen molar-refractivity contribution < 1.29 is 24.3 Å². The number of nitrogens with one attached hydrogen (secondary N) is 1. The first-order valence-electron chi connectivity index (χ1n) is 13.7. The minimum Gasteiger partial charge on any atom is -0.481 e. The maximum Gasteiger partial charge on any atom is 0.303 e. The highest BCUT2D eigenvalue weighted by molar-refractivity contribution is 8.26. The number of carbonyl (C=O) groups is 4. The van der Waals surface area contributed by atoms with Crippen molar-refractivity contribution in [3.63, 3.8) is 0 Å². The van der Waals surface area contributed by atoms with Crippen molar-refractivity contribution in [2.24, 2.45) is 0 Å². The SMILES string of the molecule is O=C(O)CCCCCCCCCCN1C(=O)C(=C2C(=O)N(CC(=O)Nc3cccc(Cl)c3)c3ccccc32)SC1=S. The number of amides is 3. The van der Waals surface area contributed by atoms with E-state index in [2.05, 4.69) is 5.32 Å². The molecule has 0 bridgehead atoms. The number of aliphatic carboxylic acids is 1. The van der Waals surface area contributed by atoms with Crippen LogP contribution in [-0.2, 0) is 19.2 Å². The number of halogens is 1. The number of thioether (sulfide) groups is 1. The summed E-state index contributed by atoms with van der Waals surface area (Å²) in [6.07, 6.45) is 7.85. The second kappa shape index (κ2) is 14.6. The molecule has 0 saturated carbocycles. The normalized spacial score (nSPS) is 16.5. The van der Waals surface area contributed by atoms with Crippen molar-refractivity contribution in [2.45, 2.75) is 57.8 Å². The van der Waals surface area contributed by atoms with Crippen LogP contribution in [0.2, 0.25) is 5.02 Å². The summed E-state index contributed by atoms with van der Waals surface area (Å²) in [5.41, 5.74) is 1.98. The summed E-state index contributed by atoms with van der Waals surface area (Å²) >= 11 is 12.7. The van der Waals surface area contributed by atoms with Crippen LogP contribution in [0.1, 0.15) is 63.4 Å². The smallest absolute Gasteiger partial charge is 0.303 e. The van der Waals surface area contributed by atoms with E-state index in [1.807, 2.05) is 0 Å². The molecule has 0 aliphatic carbocycles. The van der Waals surface area contributed by atoms with Gasteiger partial charge in [-0.05, 0) is 37.1 Å². The third-order valence-corrected chi connectivity index (χ3v) is 8.62. The average Bonchev–Trinajstić information content (AvgIpc) is 3.36. The molecule has 2 N–H and O–H groups in total. The lowest BCUT2D eigenvalue weighted by atomic mass is 10.1. The highest BCUT2D eigenvalue weighted by Gasteiger charge is 2.42. The highest BCUT2D eigenvalue weighted by atomic mass is 35.5. The number of rotatable bonds is 14. The fourth-order valence-electron chi connectivity index (χ4n) is 4.92. The summed E-state index contributed by atoms with van der Waals surface area (Å²) in [7, 11) is 0. The van der Waals surface area contributed by atoms with Crippen LogP contribution in [0.5, 0.6) is 0 Å². The number of unbranched alkanes of at least 4 members (excludes halogenated alkanes) is 7. The Kier molecular flexibility index (Phi) is 11.0. The number of carboxylic acids is 1. The van der Waals surface area contributed by atoms with Gasteiger partial charge in [-0.25, -0.2) is 0 Å². The molecule has 216 valence electrons. The molecule has 2 aromatic carbocycles. The van der Waals surface area contributed by atoms with E-state index in [9.17, 15) is 19.2 Å². The van der Waals surface area contributed by atoms with Gasteiger partial charge >= 0.3 is 5.97 Å². The number of para-hydroxylation sites is 1. The molecule has 0 radical (unpaired) electrons. The quantitative estimate of drug-likeness (QED) is 0.142. The lowest BCUT2D eigenvalue weighted by molar-refractivity contribution is -0.137. The second-order valence-electron chi connectivity index (χ2n) is 9.97. The highest BCUT2D eigenvalue weighted by Crippen LogP contribution is 2.44. The Morgan fingerprint density at radius 2 is 1.56 bits per heavy atom. The molecule has 41 heavy (non-hydrogen) atoms. The number of nitrogens with zero attached hydrogens (tertiary/aromatic N) is 2. The van der Waals surface area contributed by atoms with E-state index in [1.54, 1.807) is 53.4 Å². The maximum absolute atomic E-state index is 13.6. The lowest BCUT2D eigenvalue weighted by Crippen LogP contribution is -2.35. The van der Waals surface area contributed by atoms with E-state index in [-0.39, 0.29) is 30.4 Å². The van der Waals surface area contributed by atoms with Gasteiger partial charge in [0, 0.05) is 29.2 Å². The van der Waals surface area contributed by atoms with Gasteiger partial charge in [0.05, 0.1) is 16.2 Å². The van der Waals surface area contributed by atoms with Gasteiger partial charge in [-0.15, -0.1) is 0 Å². The molecule has 0 aromatic heterocycles. The zero-order valence-electron chi connectivity index (χ0n) is 22.6. The first-order chi connectivity index (χ1) is 19.8. The van der Waals surface area contributed by atoms with Gasteiger partial charge in [-0.1, -0.05) is 98.4 Å². The molecule has 1 saturated heterocycles. The number of carbonyl (C=O) groups excluding carboxylic acids is 3. The van der Waals surface area contributed by atoms with Crippen LogP contribution in [-0.4, -0.2) is 51.1 Å². The maximum atomic E-state index is 13.6. The van der Waals surface area contributed by atoms with E-state index in [0.717, 1.165) is 63.1 Å². The monoisotopic (exact) mass is 613 g/mol. The number of benzene rings is 2. The van der Waals surface area contributed by atoms with E-state index in [4.69, 9.17) is 28.9 Å². The molecular weight excluding hydrogens is 582 g/mol. The number of hydrogen-bond donors (Lipinski definition) is 2. The van der Waals surface area contributed by atoms with Crippen LogP contribution in [0, 0.1) is 0 Å². The summed E-state index contributed by atoms with van der Waals surface area (Å²) in [6.45, 7) is 0.271. The Hall–Kier alpha value is -3.21. The molecule has 11 heteroatoms. The van der Waals surface area contributed by atoms with E-state index >= 15 is 0 Å². The summed E-state index contributed by atoms with van der Waals surface area (Å²) in [4.78, 5) is 53.7. The Balaban J connectivity index is 1.35. The first-order valence-corrected chi connectivity index (χ1v) is 15.3. The van der Waals surface area contributed by atoms with Crippen LogP contribution in [0.3, 0.4) is 0 Å².